The molecule has 5 aliphatic carbocycles. The van der Waals surface area contributed by atoms with Crippen LogP contribution in [0, 0.1) is 45.3 Å². The molecule has 3 heterocycles. The summed E-state index contributed by atoms with van der Waals surface area (Å²) in [6, 6.07) is 1.28. The fourth-order valence-electron chi connectivity index (χ4n) is 13.9. The molecule has 3 saturated heterocycles. The molecule has 11 unspecified atom stereocenters. The van der Waals surface area contributed by atoms with Crippen molar-refractivity contribution in [1.82, 2.24) is 9.80 Å². The molecule has 10 heteroatoms. The van der Waals surface area contributed by atoms with Gasteiger partial charge in [-0.25, -0.2) is 0 Å². The third-order valence-corrected chi connectivity index (χ3v) is 16.4. The molecule has 2 spiro atoms. The molecule has 0 aromatic carbocycles. The number of ether oxygens (including phenoxy) is 4. The van der Waals surface area contributed by atoms with E-state index in [9.17, 15) is 9.90 Å². The van der Waals surface area contributed by atoms with Gasteiger partial charge in [0.1, 0.15) is 0 Å². The largest absolute Gasteiger partial charge is 0.457 e. The third-order valence-electron chi connectivity index (χ3n) is 16.4. The number of carbonyl (C=O) groups is 1. The van der Waals surface area contributed by atoms with Crippen molar-refractivity contribution in [3.05, 3.63) is 0 Å². The predicted molar refractivity (Wildman–Crippen MR) is 202 cm³/mol. The number of morpholine rings is 1. The summed E-state index contributed by atoms with van der Waals surface area (Å²) in [6.45, 7) is 22.3. The number of nitrogens with zero attached hydrogens (tertiary/aromatic N) is 2. The van der Waals surface area contributed by atoms with Gasteiger partial charge >= 0.3 is 5.97 Å². The molecular weight excluding hydrogens is 669 g/mol. The Bertz CT molecular complexity index is 1260. The van der Waals surface area contributed by atoms with Gasteiger partial charge in [-0.2, -0.15) is 0 Å². The van der Waals surface area contributed by atoms with E-state index in [-0.39, 0.29) is 36.0 Å². The van der Waals surface area contributed by atoms with Crippen molar-refractivity contribution in [2.24, 2.45) is 45.3 Å². The number of fused-ring (bicyclic) bond motifs is 4. The second-order valence-corrected chi connectivity index (χ2v) is 19.6. The molecule has 12 atom stereocenters. The van der Waals surface area contributed by atoms with Crippen LogP contribution in [0.1, 0.15) is 120 Å². The molecular formula is C40H68N2O6S2. The van der Waals surface area contributed by atoms with Gasteiger partial charge in [-0.3, -0.25) is 14.6 Å². The van der Waals surface area contributed by atoms with Gasteiger partial charge in [0.25, 0.3) is 0 Å². The second kappa shape index (κ2) is 13.6. The minimum atomic E-state index is -1.13. The standard InChI is InChI=1S/C40H66N2O6.H2S2/c1-24(2)42-20-26(21-42)41-17-18-45-34(22-41)48-33-13-14-40-23-39(40)16-15-38(8)28-9-11-30(35(37(6,7)44)46-25(3)43)47-31(28)19-29(38)27(39)10-12-32(40)36(33,4)5;1-2/h24,26-35,44H,9-23H2,1-8H3;1-2H/t27?,28?,29?,30?,31?,32?,33?,34?,35-,38?,39?,40?;/m0./s1. The van der Waals surface area contributed by atoms with E-state index in [1.165, 1.54) is 58.5 Å². The number of rotatable bonds is 7. The summed E-state index contributed by atoms with van der Waals surface area (Å²) >= 11 is 6.44. The summed E-state index contributed by atoms with van der Waals surface area (Å²) in [5.41, 5.74) is 0.302. The lowest BCUT2D eigenvalue weighted by Crippen LogP contribution is -2.64. The minimum absolute atomic E-state index is 0.104. The first-order valence-corrected chi connectivity index (χ1v) is 21.7. The van der Waals surface area contributed by atoms with Gasteiger partial charge in [0.05, 0.1) is 30.5 Å². The average Bonchev–Trinajstić information content (AvgIpc) is 3.61. The van der Waals surface area contributed by atoms with Crippen LogP contribution in [-0.4, -0.2) is 102 Å². The van der Waals surface area contributed by atoms with E-state index >= 15 is 0 Å². The summed E-state index contributed by atoms with van der Waals surface area (Å²) in [4.78, 5) is 17.2. The Morgan fingerprint density at radius 3 is 2.34 bits per heavy atom. The van der Waals surface area contributed by atoms with Crippen LogP contribution in [0.15, 0.2) is 0 Å². The predicted octanol–water partition coefficient (Wildman–Crippen LogP) is 6.79. The molecule has 0 radical (unpaired) electrons. The highest BCUT2D eigenvalue weighted by Gasteiger charge is 2.80. The topological polar surface area (TPSA) is 80.7 Å². The molecule has 8 rings (SSSR count). The molecule has 0 amide bonds. The van der Waals surface area contributed by atoms with Crippen molar-refractivity contribution >= 4 is 29.3 Å². The third kappa shape index (κ3) is 6.06. The second-order valence-electron chi connectivity index (χ2n) is 19.6. The van der Waals surface area contributed by atoms with Gasteiger partial charge in [-0.05, 0) is 137 Å². The zero-order valence-corrected chi connectivity index (χ0v) is 34.0. The maximum Gasteiger partial charge on any atom is 0.303 e. The van der Waals surface area contributed by atoms with Crippen LogP contribution in [0.4, 0.5) is 0 Å². The number of hydrogen-bond acceptors (Lipinski definition) is 10. The smallest absolute Gasteiger partial charge is 0.303 e. The minimum Gasteiger partial charge on any atom is -0.457 e. The van der Waals surface area contributed by atoms with Crippen LogP contribution in [0.25, 0.3) is 0 Å². The summed E-state index contributed by atoms with van der Waals surface area (Å²) in [6.07, 6.45) is 11.8. The van der Waals surface area contributed by atoms with E-state index < -0.39 is 11.7 Å². The molecule has 0 aromatic heterocycles. The molecule has 1 N–H and O–H groups in total. The van der Waals surface area contributed by atoms with E-state index in [4.69, 9.17) is 18.9 Å². The first kappa shape index (κ1) is 38.2. The van der Waals surface area contributed by atoms with Crippen molar-refractivity contribution in [1.29, 1.82) is 0 Å². The molecule has 50 heavy (non-hydrogen) atoms. The Hall–Kier alpha value is -0.0700. The maximum atomic E-state index is 12.0. The SMILES string of the molecule is CC(=O)O[C@@H](C1CCC2C(CC3C4CCC5C(C)(C)C(OC6CN(C7CN(C(C)C)C7)CCO6)CCC56CC46CCC23C)O1)C(C)(C)O.SS. The monoisotopic (exact) mass is 736 g/mol. The van der Waals surface area contributed by atoms with E-state index in [1.807, 2.05) is 0 Å². The number of aliphatic hydroxyl groups is 1. The highest BCUT2D eigenvalue weighted by atomic mass is 33.1. The molecule has 0 aromatic rings. The summed E-state index contributed by atoms with van der Waals surface area (Å²) in [5, 5.41) is 10.9. The lowest BCUT2D eigenvalue weighted by molar-refractivity contribution is -0.250. The quantitative estimate of drug-likeness (QED) is 0.150. The molecule has 3 aliphatic heterocycles. The Kier molecular flexibility index (Phi) is 10.4. The van der Waals surface area contributed by atoms with Gasteiger partial charge < -0.3 is 24.1 Å². The normalized spacial score (nSPS) is 46.2. The fourth-order valence-corrected chi connectivity index (χ4v) is 13.9. The van der Waals surface area contributed by atoms with Crippen molar-refractivity contribution < 1.29 is 28.8 Å². The highest BCUT2D eigenvalue weighted by molar-refractivity contribution is 8.59. The molecule has 8 fully saturated rings. The summed E-state index contributed by atoms with van der Waals surface area (Å²) in [5.74, 6) is 2.42. The lowest BCUT2D eigenvalue weighted by atomic mass is 9.46. The Morgan fingerprint density at radius 1 is 0.940 bits per heavy atom. The van der Waals surface area contributed by atoms with Crippen molar-refractivity contribution in [2.75, 3.05) is 32.8 Å². The Balaban J connectivity index is 0.00000193. The summed E-state index contributed by atoms with van der Waals surface area (Å²) < 4.78 is 25.9. The van der Waals surface area contributed by atoms with Crippen LogP contribution in [0.2, 0.25) is 0 Å². The lowest BCUT2D eigenvalue weighted by Gasteiger charge is -2.60. The van der Waals surface area contributed by atoms with Crippen LogP contribution in [0.3, 0.4) is 0 Å². The number of carbonyl (C=O) groups excluding carboxylic acids is 1. The Labute approximate surface area is 313 Å². The van der Waals surface area contributed by atoms with E-state index in [0.717, 1.165) is 57.2 Å². The molecule has 8 aliphatic rings. The first-order chi connectivity index (χ1) is 23.6. The molecule has 0 bridgehead atoms. The number of likely N-dealkylation sites (tertiary alicyclic amines) is 1. The Morgan fingerprint density at radius 2 is 1.66 bits per heavy atom. The van der Waals surface area contributed by atoms with Crippen LogP contribution >= 0.6 is 23.3 Å². The first-order valence-electron chi connectivity index (χ1n) is 20.1. The van der Waals surface area contributed by atoms with Gasteiger partial charge in [-0.15, -0.1) is 23.3 Å². The van der Waals surface area contributed by atoms with Crippen LogP contribution < -0.4 is 0 Å². The van der Waals surface area contributed by atoms with Gasteiger partial charge in [0.2, 0.25) is 0 Å². The van der Waals surface area contributed by atoms with Crippen molar-refractivity contribution in [2.45, 2.75) is 168 Å². The molecule has 8 nitrogen and oxygen atoms in total. The highest BCUT2D eigenvalue weighted by Crippen LogP contribution is 2.87. The van der Waals surface area contributed by atoms with Crippen LogP contribution in [-0.2, 0) is 23.7 Å². The molecule has 5 saturated carbocycles. The van der Waals surface area contributed by atoms with E-state index in [0.29, 0.717) is 40.2 Å². The van der Waals surface area contributed by atoms with Gasteiger partial charge in [-0.1, -0.05) is 20.8 Å². The average molecular weight is 737 g/mol. The number of esters is 1. The van der Waals surface area contributed by atoms with Crippen molar-refractivity contribution in [3.63, 3.8) is 0 Å². The zero-order chi connectivity index (χ0) is 36.0. The zero-order valence-electron chi connectivity index (χ0n) is 32.2. The number of hydrogen-bond donors (Lipinski definition) is 3. The van der Waals surface area contributed by atoms with Crippen LogP contribution in [0.5, 0.6) is 0 Å². The van der Waals surface area contributed by atoms with Gasteiger partial charge in [0.15, 0.2) is 12.4 Å². The summed E-state index contributed by atoms with van der Waals surface area (Å²) in [7, 11) is 0. The molecule has 286 valence electrons. The number of thiol groups is 2. The van der Waals surface area contributed by atoms with E-state index in [2.05, 4.69) is 67.7 Å². The van der Waals surface area contributed by atoms with Crippen molar-refractivity contribution in [3.8, 4) is 0 Å². The maximum absolute atomic E-state index is 12.0. The van der Waals surface area contributed by atoms with E-state index in [1.54, 1.807) is 13.8 Å². The fraction of sp³-hybridized carbons (Fsp3) is 0.975. The van der Waals surface area contributed by atoms with Gasteiger partial charge in [0, 0.05) is 45.2 Å².